The number of carbonyl (C=O) groups is 1. The molecule has 3 aromatic rings. The van der Waals surface area contributed by atoms with Crippen LogP contribution in [0.3, 0.4) is 0 Å². The van der Waals surface area contributed by atoms with E-state index < -0.39 is 0 Å². The third kappa shape index (κ3) is 5.74. The summed E-state index contributed by atoms with van der Waals surface area (Å²) in [6.45, 7) is 5.45. The Hall–Kier alpha value is -2.99. The molecule has 0 aliphatic rings. The number of anilines is 1. The van der Waals surface area contributed by atoms with Gasteiger partial charge < -0.3 is 10.3 Å². The van der Waals surface area contributed by atoms with Crippen molar-refractivity contribution in [2.75, 3.05) is 18.4 Å². The Morgan fingerprint density at radius 1 is 1.10 bits per heavy atom. The number of fused-ring (bicyclic) bond motifs is 1. The molecule has 29 heavy (non-hydrogen) atoms. The highest BCUT2D eigenvalue weighted by molar-refractivity contribution is 5.92. The Labute approximate surface area is 171 Å². The molecule has 0 spiro atoms. The van der Waals surface area contributed by atoms with E-state index in [9.17, 15) is 9.59 Å². The van der Waals surface area contributed by atoms with Gasteiger partial charge in [0.2, 0.25) is 5.91 Å². The van der Waals surface area contributed by atoms with Crippen molar-refractivity contribution < 1.29 is 4.79 Å². The van der Waals surface area contributed by atoms with E-state index in [1.54, 1.807) is 6.07 Å². The van der Waals surface area contributed by atoms with Crippen LogP contribution in [0.4, 0.5) is 5.69 Å². The summed E-state index contributed by atoms with van der Waals surface area (Å²) in [4.78, 5) is 34.0. The largest absolute Gasteiger partial charge is 0.325 e. The summed E-state index contributed by atoms with van der Waals surface area (Å²) in [7, 11) is 0. The van der Waals surface area contributed by atoms with Crippen LogP contribution in [0.2, 0.25) is 0 Å². The second-order valence-corrected chi connectivity index (χ2v) is 7.18. The van der Waals surface area contributed by atoms with Gasteiger partial charge in [0.05, 0.1) is 24.0 Å². The molecule has 0 saturated carbocycles. The summed E-state index contributed by atoms with van der Waals surface area (Å²) in [5.41, 5.74) is 2.58. The van der Waals surface area contributed by atoms with Crippen LogP contribution in [-0.4, -0.2) is 33.9 Å². The first kappa shape index (κ1) is 20.7. The van der Waals surface area contributed by atoms with Gasteiger partial charge in [-0.05, 0) is 49.2 Å². The number of aromatic nitrogens is 2. The maximum Gasteiger partial charge on any atom is 0.258 e. The molecule has 1 amide bonds. The molecule has 0 unspecified atom stereocenters. The molecule has 0 atom stereocenters. The van der Waals surface area contributed by atoms with Crippen LogP contribution in [-0.2, 0) is 17.8 Å². The smallest absolute Gasteiger partial charge is 0.258 e. The van der Waals surface area contributed by atoms with E-state index in [0.717, 1.165) is 12.1 Å². The lowest BCUT2D eigenvalue weighted by Gasteiger charge is -2.19. The van der Waals surface area contributed by atoms with Crippen molar-refractivity contribution in [2.24, 2.45) is 0 Å². The van der Waals surface area contributed by atoms with Gasteiger partial charge in [-0.3, -0.25) is 14.5 Å². The van der Waals surface area contributed by atoms with Crippen LogP contribution in [0.25, 0.3) is 10.9 Å². The predicted molar refractivity (Wildman–Crippen MR) is 117 cm³/mol. The number of para-hydroxylation sites is 1. The van der Waals surface area contributed by atoms with Crippen molar-refractivity contribution in [3.05, 3.63) is 70.3 Å². The molecule has 6 heteroatoms. The lowest BCUT2D eigenvalue weighted by atomic mass is 10.1. The second-order valence-electron chi connectivity index (χ2n) is 7.18. The number of aromatic amines is 1. The highest BCUT2D eigenvalue weighted by atomic mass is 16.2. The number of amides is 1. The van der Waals surface area contributed by atoms with Crippen molar-refractivity contribution in [2.45, 2.75) is 39.7 Å². The second kappa shape index (κ2) is 9.98. The summed E-state index contributed by atoms with van der Waals surface area (Å²) < 4.78 is 0. The van der Waals surface area contributed by atoms with Gasteiger partial charge >= 0.3 is 0 Å². The molecule has 3 rings (SSSR count). The van der Waals surface area contributed by atoms with Crippen molar-refractivity contribution >= 4 is 22.5 Å². The van der Waals surface area contributed by atoms with Crippen LogP contribution in [0, 0.1) is 0 Å². The van der Waals surface area contributed by atoms with Gasteiger partial charge in [0.1, 0.15) is 5.82 Å². The fourth-order valence-electron chi connectivity index (χ4n) is 3.24. The molecule has 0 radical (unpaired) electrons. The zero-order chi connectivity index (χ0) is 20.6. The molecule has 1 heterocycles. The van der Waals surface area contributed by atoms with E-state index in [0.29, 0.717) is 29.8 Å². The van der Waals surface area contributed by atoms with E-state index in [2.05, 4.69) is 34.3 Å². The minimum atomic E-state index is -0.158. The van der Waals surface area contributed by atoms with Gasteiger partial charge in [-0.15, -0.1) is 0 Å². The summed E-state index contributed by atoms with van der Waals surface area (Å²) in [6.07, 6.45) is 3.40. The Morgan fingerprint density at radius 3 is 2.59 bits per heavy atom. The molecular formula is C23H28N4O2. The normalized spacial score (nSPS) is 11.1. The minimum Gasteiger partial charge on any atom is -0.325 e. The van der Waals surface area contributed by atoms with Gasteiger partial charge in [0.15, 0.2) is 0 Å². The maximum absolute atomic E-state index is 12.5. The predicted octanol–water partition coefficient (Wildman–Crippen LogP) is 3.73. The van der Waals surface area contributed by atoms with Gasteiger partial charge in [-0.2, -0.15) is 0 Å². The van der Waals surface area contributed by atoms with Crippen LogP contribution in [0.5, 0.6) is 0 Å². The highest BCUT2D eigenvalue weighted by Crippen LogP contribution is 2.12. The zero-order valence-electron chi connectivity index (χ0n) is 17.1. The number of aryl methyl sites for hydroxylation is 1. The van der Waals surface area contributed by atoms with Crippen molar-refractivity contribution in [3.8, 4) is 0 Å². The number of nitrogens with zero attached hydrogens (tertiary/aromatic N) is 2. The SMILES string of the molecule is CCCCc1ccc(NC(=O)CN(CC)Cc2nc3ccccc3c(=O)[nH]2)cc1. The number of rotatable bonds is 9. The van der Waals surface area contributed by atoms with Crippen molar-refractivity contribution in [1.82, 2.24) is 14.9 Å². The molecule has 2 N–H and O–H groups in total. The molecule has 0 aliphatic heterocycles. The number of unbranched alkanes of at least 4 members (excludes halogenated alkanes) is 1. The molecule has 0 saturated heterocycles. The van der Waals surface area contributed by atoms with Crippen molar-refractivity contribution in [3.63, 3.8) is 0 Å². The molecule has 0 fully saturated rings. The quantitative estimate of drug-likeness (QED) is 0.582. The molecular weight excluding hydrogens is 364 g/mol. The molecule has 2 aromatic carbocycles. The number of nitrogens with one attached hydrogen (secondary N) is 2. The van der Waals surface area contributed by atoms with Crippen molar-refractivity contribution in [1.29, 1.82) is 0 Å². The third-order valence-corrected chi connectivity index (χ3v) is 4.91. The Balaban J connectivity index is 1.61. The van der Waals surface area contributed by atoms with Crippen LogP contribution in [0.1, 0.15) is 38.1 Å². The highest BCUT2D eigenvalue weighted by Gasteiger charge is 2.12. The maximum atomic E-state index is 12.5. The van der Waals surface area contributed by atoms with Gasteiger partial charge in [0, 0.05) is 5.69 Å². The summed E-state index contributed by atoms with van der Waals surface area (Å²) in [6, 6.07) is 15.3. The first-order valence-electron chi connectivity index (χ1n) is 10.2. The number of likely N-dealkylation sites (N-methyl/N-ethyl adjacent to an activating group) is 1. The average molecular weight is 393 g/mol. The minimum absolute atomic E-state index is 0.0868. The number of H-pyrrole nitrogens is 1. The Morgan fingerprint density at radius 2 is 1.86 bits per heavy atom. The Bertz CT molecular complexity index is 1010. The molecule has 0 aliphatic carbocycles. The van der Waals surface area contributed by atoms with E-state index in [1.165, 1.54) is 18.4 Å². The Kier molecular flexibility index (Phi) is 7.14. The summed E-state index contributed by atoms with van der Waals surface area (Å²) in [5.74, 6) is 0.472. The summed E-state index contributed by atoms with van der Waals surface area (Å²) >= 11 is 0. The standard InChI is InChI=1S/C23H28N4O2/c1-3-5-8-17-11-13-18(14-12-17)24-22(28)16-27(4-2)15-21-25-20-10-7-6-9-19(20)23(29)26-21/h6-7,9-14H,3-5,8,15-16H2,1-2H3,(H,24,28)(H,25,26,29). The fraction of sp³-hybridized carbons (Fsp3) is 0.348. The zero-order valence-corrected chi connectivity index (χ0v) is 17.1. The van der Waals surface area contributed by atoms with Crippen LogP contribution in [0.15, 0.2) is 53.3 Å². The van der Waals surface area contributed by atoms with Crippen LogP contribution < -0.4 is 10.9 Å². The molecule has 1 aromatic heterocycles. The first-order chi connectivity index (χ1) is 14.1. The van der Waals surface area contributed by atoms with Gasteiger partial charge in [-0.25, -0.2) is 4.98 Å². The number of carbonyl (C=O) groups excluding carboxylic acids is 1. The third-order valence-electron chi connectivity index (χ3n) is 4.91. The number of hydrogen-bond acceptors (Lipinski definition) is 4. The topological polar surface area (TPSA) is 78.1 Å². The van der Waals surface area contributed by atoms with E-state index in [-0.39, 0.29) is 18.0 Å². The molecule has 0 bridgehead atoms. The molecule has 6 nitrogen and oxygen atoms in total. The van der Waals surface area contributed by atoms with E-state index in [4.69, 9.17) is 0 Å². The van der Waals surface area contributed by atoms with Gasteiger partial charge in [-0.1, -0.05) is 44.5 Å². The van der Waals surface area contributed by atoms with E-state index >= 15 is 0 Å². The number of hydrogen-bond donors (Lipinski definition) is 2. The van der Waals surface area contributed by atoms with Crippen LogP contribution >= 0.6 is 0 Å². The summed E-state index contributed by atoms with van der Waals surface area (Å²) in [5, 5.41) is 3.51. The average Bonchev–Trinajstić information content (AvgIpc) is 2.73. The lowest BCUT2D eigenvalue weighted by Crippen LogP contribution is -2.33. The number of benzene rings is 2. The molecule has 152 valence electrons. The first-order valence-corrected chi connectivity index (χ1v) is 10.2. The fourth-order valence-corrected chi connectivity index (χ4v) is 3.24. The monoisotopic (exact) mass is 392 g/mol. The van der Waals surface area contributed by atoms with E-state index in [1.807, 2.05) is 42.2 Å². The van der Waals surface area contributed by atoms with Gasteiger partial charge in [0.25, 0.3) is 5.56 Å². The lowest BCUT2D eigenvalue weighted by molar-refractivity contribution is -0.117.